The van der Waals surface area contributed by atoms with Gasteiger partial charge in [0.15, 0.2) is 0 Å². The van der Waals surface area contributed by atoms with E-state index in [-0.39, 0.29) is 11.9 Å². The van der Waals surface area contributed by atoms with Gasteiger partial charge in [0.05, 0.1) is 26.4 Å². The third-order valence-corrected chi connectivity index (χ3v) is 4.83. The van der Waals surface area contributed by atoms with E-state index in [9.17, 15) is 4.79 Å². The summed E-state index contributed by atoms with van der Waals surface area (Å²) in [5.74, 6) is 0.799. The second-order valence-corrected chi connectivity index (χ2v) is 6.46. The molecule has 1 fully saturated rings. The zero-order chi connectivity index (χ0) is 18.4. The van der Waals surface area contributed by atoms with Gasteiger partial charge < -0.3 is 14.8 Å². The molecular formula is C21H26N2O3. The van der Waals surface area contributed by atoms with Crippen LogP contribution in [0.3, 0.4) is 0 Å². The molecular weight excluding hydrogens is 328 g/mol. The average Bonchev–Trinajstić information content (AvgIpc) is 2.69. The lowest BCUT2D eigenvalue weighted by Gasteiger charge is -2.35. The Morgan fingerprint density at radius 2 is 1.85 bits per heavy atom. The van der Waals surface area contributed by atoms with Gasteiger partial charge in [-0.1, -0.05) is 30.3 Å². The number of methoxy groups -OCH3 is 1. The molecule has 1 N–H and O–H groups in total. The van der Waals surface area contributed by atoms with Crippen LogP contribution in [0.5, 0.6) is 5.75 Å². The van der Waals surface area contributed by atoms with Crippen molar-refractivity contribution in [1.29, 1.82) is 0 Å². The molecule has 1 aliphatic heterocycles. The van der Waals surface area contributed by atoms with Crippen LogP contribution in [0.2, 0.25) is 0 Å². The summed E-state index contributed by atoms with van der Waals surface area (Å²) < 4.78 is 10.7. The molecule has 0 spiro atoms. The molecule has 2 aromatic carbocycles. The Morgan fingerprint density at radius 1 is 1.15 bits per heavy atom. The lowest BCUT2D eigenvalue weighted by Crippen LogP contribution is -2.43. The number of ether oxygens (including phenoxy) is 2. The summed E-state index contributed by atoms with van der Waals surface area (Å²) in [5.41, 5.74) is 2.87. The predicted octanol–water partition coefficient (Wildman–Crippen LogP) is 2.81. The third kappa shape index (κ3) is 4.42. The van der Waals surface area contributed by atoms with E-state index in [1.807, 2.05) is 43.3 Å². The van der Waals surface area contributed by atoms with E-state index in [4.69, 9.17) is 9.47 Å². The summed E-state index contributed by atoms with van der Waals surface area (Å²) in [7, 11) is 1.66. The molecule has 0 radical (unpaired) electrons. The van der Waals surface area contributed by atoms with E-state index in [0.717, 1.165) is 48.7 Å². The molecule has 0 aromatic heterocycles. The van der Waals surface area contributed by atoms with E-state index >= 15 is 0 Å². The largest absolute Gasteiger partial charge is 0.497 e. The van der Waals surface area contributed by atoms with Crippen molar-refractivity contribution in [1.82, 2.24) is 10.2 Å². The van der Waals surface area contributed by atoms with Gasteiger partial charge >= 0.3 is 0 Å². The highest BCUT2D eigenvalue weighted by Crippen LogP contribution is 2.24. The number of nitrogens with zero attached hydrogens (tertiary/aromatic N) is 1. The highest BCUT2D eigenvalue weighted by molar-refractivity contribution is 5.95. The van der Waals surface area contributed by atoms with E-state index in [0.29, 0.717) is 6.54 Å². The Morgan fingerprint density at radius 3 is 2.50 bits per heavy atom. The standard InChI is InChI=1S/C21H26N2O3/c1-16-5-3-4-6-19(16)21(24)22-15-20(23-11-13-26-14-12-23)17-7-9-18(25-2)10-8-17/h3-10,20H,11-15H2,1-2H3,(H,22,24)/t20-/m1/s1. The normalized spacial score (nSPS) is 16.1. The summed E-state index contributed by atoms with van der Waals surface area (Å²) in [6, 6.07) is 15.8. The molecule has 1 heterocycles. The van der Waals surface area contributed by atoms with E-state index < -0.39 is 0 Å². The Balaban J connectivity index is 1.74. The number of morpholine rings is 1. The molecule has 1 amide bonds. The summed E-state index contributed by atoms with van der Waals surface area (Å²) in [5, 5.41) is 3.11. The van der Waals surface area contributed by atoms with Gasteiger partial charge in [0.25, 0.3) is 5.91 Å². The SMILES string of the molecule is COc1ccc([C@@H](CNC(=O)c2ccccc2C)N2CCOCC2)cc1. The maximum Gasteiger partial charge on any atom is 0.251 e. The van der Waals surface area contributed by atoms with Gasteiger partial charge in [0.2, 0.25) is 0 Å². The van der Waals surface area contributed by atoms with Crippen LogP contribution in [0, 0.1) is 6.92 Å². The van der Waals surface area contributed by atoms with Gasteiger partial charge in [-0.25, -0.2) is 0 Å². The maximum absolute atomic E-state index is 12.6. The number of aryl methyl sites for hydroxylation is 1. The second kappa shape index (κ2) is 8.83. The van der Waals surface area contributed by atoms with Crippen LogP contribution >= 0.6 is 0 Å². The first-order valence-electron chi connectivity index (χ1n) is 8.98. The first kappa shape index (κ1) is 18.4. The van der Waals surface area contributed by atoms with Crippen LogP contribution in [-0.2, 0) is 4.74 Å². The average molecular weight is 354 g/mol. The summed E-state index contributed by atoms with van der Waals surface area (Å²) >= 11 is 0. The van der Waals surface area contributed by atoms with Crippen LogP contribution < -0.4 is 10.1 Å². The van der Waals surface area contributed by atoms with Crippen molar-refractivity contribution in [3.63, 3.8) is 0 Å². The number of nitrogens with one attached hydrogen (secondary N) is 1. The molecule has 3 rings (SSSR count). The van der Waals surface area contributed by atoms with Gasteiger partial charge in [-0.2, -0.15) is 0 Å². The van der Waals surface area contributed by atoms with Crippen molar-refractivity contribution in [3.8, 4) is 5.75 Å². The number of hydrogen-bond acceptors (Lipinski definition) is 4. The highest BCUT2D eigenvalue weighted by atomic mass is 16.5. The first-order chi connectivity index (χ1) is 12.7. The quantitative estimate of drug-likeness (QED) is 0.867. The molecule has 5 nitrogen and oxygen atoms in total. The van der Waals surface area contributed by atoms with Crippen molar-refractivity contribution < 1.29 is 14.3 Å². The van der Waals surface area contributed by atoms with E-state index in [1.165, 1.54) is 0 Å². The van der Waals surface area contributed by atoms with Crippen LogP contribution in [0.4, 0.5) is 0 Å². The molecule has 26 heavy (non-hydrogen) atoms. The number of hydrogen-bond donors (Lipinski definition) is 1. The second-order valence-electron chi connectivity index (χ2n) is 6.46. The third-order valence-electron chi connectivity index (χ3n) is 4.83. The van der Waals surface area contributed by atoms with Crippen LogP contribution in [0.25, 0.3) is 0 Å². The van der Waals surface area contributed by atoms with Gasteiger partial charge in [0, 0.05) is 25.2 Å². The number of rotatable bonds is 6. The highest BCUT2D eigenvalue weighted by Gasteiger charge is 2.23. The predicted molar refractivity (Wildman–Crippen MR) is 102 cm³/mol. The van der Waals surface area contributed by atoms with Crippen molar-refractivity contribution in [2.45, 2.75) is 13.0 Å². The first-order valence-corrected chi connectivity index (χ1v) is 8.98. The van der Waals surface area contributed by atoms with E-state index in [2.05, 4.69) is 22.3 Å². The lowest BCUT2D eigenvalue weighted by molar-refractivity contribution is 0.0162. The number of amides is 1. The Hall–Kier alpha value is -2.37. The Labute approximate surface area is 154 Å². The molecule has 1 atom stereocenters. The molecule has 1 saturated heterocycles. The molecule has 2 aromatic rings. The maximum atomic E-state index is 12.6. The number of benzene rings is 2. The van der Waals surface area contributed by atoms with Crippen molar-refractivity contribution in [2.75, 3.05) is 40.0 Å². The van der Waals surface area contributed by atoms with Crippen molar-refractivity contribution in [2.24, 2.45) is 0 Å². The molecule has 5 heteroatoms. The zero-order valence-corrected chi connectivity index (χ0v) is 15.4. The van der Waals surface area contributed by atoms with Crippen LogP contribution in [0.1, 0.15) is 27.5 Å². The molecule has 138 valence electrons. The zero-order valence-electron chi connectivity index (χ0n) is 15.4. The number of carbonyl (C=O) groups excluding carboxylic acids is 1. The Kier molecular flexibility index (Phi) is 6.26. The van der Waals surface area contributed by atoms with Crippen molar-refractivity contribution >= 4 is 5.91 Å². The minimum atomic E-state index is -0.0325. The number of carbonyl (C=O) groups is 1. The lowest BCUT2D eigenvalue weighted by atomic mass is 10.0. The molecule has 0 bridgehead atoms. The molecule has 0 aliphatic carbocycles. The topological polar surface area (TPSA) is 50.8 Å². The summed E-state index contributed by atoms with van der Waals surface area (Å²) in [6.45, 7) is 5.67. The molecule has 0 unspecified atom stereocenters. The Bertz CT molecular complexity index is 724. The molecule has 1 aliphatic rings. The molecule has 0 saturated carbocycles. The fourth-order valence-corrected chi connectivity index (χ4v) is 3.29. The fourth-order valence-electron chi connectivity index (χ4n) is 3.29. The van der Waals surface area contributed by atoms with Gasteiger partial charge in [0.1, 0.15) is 5.75 Å². The minimum absolute atomic E-state index is 0.0325. The van der Waals surface area contributed by atoms with Gasteiger partial charge in [-0.05, 0) is 36.2 Å². The minimum Gasteiger partial charge on any atom is -0.497 e. The summed E-state index contributed by atoms with van der Waals surface area (Å²) in [4.78, 5) is 15.0. The monoisotopic (exact) mass is 354 g/mol. The summed E-state index contributed by atoms with van der Waals surface area (Å²) in [6.07, 6.45) is 0. The fraction of sp³-hybridized carbons (Fsp3) is 0.381. The smallest absolute Gasteiger partial charge is 0.251 e. The van der Waals surface area contributed by atoms with E-state index in [1.54, 1.807) is 7.11 Å². The van der Waals surface area contributed by atoms with Gasteiger partial charge in [-0.15, -0.1) is 0 Å². The van der Waals surface area contributed by atoms with Crippen LogP contribution in [-0.4, -0.2) is 50.8 Å². The van der Waals surface area contributed by atoms with Gasteiger partial charge in [-0.3, -0.25) is 9.69 Å². The van der Waals surface area contributed by atoms with Crippen LogP contribution in [0.15, 0.2) is 48.5 Å². The van der Waals surface area contributed by atoms with Crippen molar-refractivity contribution in [3.05, 3.63) is 65.2 Å².